The summed E-state index contributed by atoms with van der Waals surface area (Å²) in [7, 11) is 0. The van der Waals surface area contributed by atoms with Gasteiger partial charge in [-0.25, -0.2) is 0 Å². The summed E-state index contributed by atoms with van der Waals surface area (Å²) in [4.78, 5) is 11.4. The maximum atomic E-state index is 11.4. The van der Waals surface area contributed by atoms with Gasteiger partial charge in [-0.15, -0.1) is 0 Å². The Labute approximate surface area is 81.6 Å². The van der Waals surface area contributed by atoms with Crippen LogP contribution in [0.4, 0.5) is 0 Å². The summed E-state index contributed by atoms with van der Waals surface area (Å²) in [6, 6.07) is 1.60. The van der Waals surface area contributed by atoms with Crippen molar-refractivity contribution >= 4 is 5.91 Å². The number of hydrogen-bond acceptors (Lipinski definition) is 4. The van der Waals surface area contributed by atoms with E-state index in [0.29, 0.717) is 18.2 Å². The summed E-state index contributed by atoms with van der Waals surface area (Å²) in [5.41, 5.74) is 6.12. The van der Waals surface area contributed by atoms with Crippen LogP contribution in [-0.2, 0) is 0 Å². The van der Waals surface area contributed by atoms with Gasteiger partial charge in [-0.1, -0.05) is 5.16 Å². The number of rotatable bonds is 4. The van der Waals surface area contributed by atoms with Gasteiger partial charge < -0.3 is 15.6 Å². The third-order valence-electron chi connectivity index (χ3n) is 2.40. The molecule has 0 aromatic carbocycles. The first-order chi connectivity index (χ1) is 6.77. The lowest BCUT2D eigenvalue weighted by Crippen LogP contribution is -2.38. The molecule has 2 rings (SSSR count). The van der Waals surface area contributed by atoms with Crippen molar-refractivity contribution in [2.75, 3.05) is 6.54 Å². The molecule has 1 aliphatic rings. The second kappa shape index (κ2) is 3.79. The molecule has 0 saturated heterocycles. The lowest BCUT2D eigenvalue weighted by molar-refractivity contribution is 0.0941. The SMILES string of the molecule is NC(CNC(=O)c1ccon1)C1CC1. The molecule has 1 aromatic heterocycles. The number of nitrogens with one attached hydrogen (secondary N) is 1. The number of carbonyl (C=O) groups excluding carboxylic acids is 1. The Hall–Kier alpha value is -1.36. The molecule has 5 nitrogen and oxygen atoms in total. The van der Waals surface area contributed by atoms with Crippen molar-refractivity contribution in [1.29, 1.82) is 0 Å². The third kappa shape index (κ3) is 2.11. The van der Waals surface area contributed by atoms with E-state index in [1.54, 1.807) is 0 Å². The summed E-state index contributed by atoms with van der Waals surface area (Å²) in [5, 5.41) is 6.25. The summed E-state index contributed by atoms with van der Waals surface area (Å²) < 4.78 is 4.56. The van der Waals surface area contributed by atoms with Gasteiger partial charge >= 0.3 is 0 Å². The fourth-order valence-electron chi connectivity index (χ4n) is 1.32. The number of nitrogens with zero attached hydrogens (tertiary/aromatic N) is 1. The smallest absolute Gasteiger partial charge is 0.273 e. The van der Waals surface area contributed by atoms with Crippen molar-refractivity contribution in [3.05, 3.63) is 18.0 Å². The minimum atomic E-state index is -0.227. The summed E-state index contributed by atoms with van der Waals surface area (Å²) in [6.45, 7) is 0.510. The van der Waals surface area contributed by atoms with E-state index in [0.717, 1.165) is 0 Å². The minimum absolute atomic E-state index is 0.0749. The minimum Gasteiger partial charge on any atom is -0.364 e. The predicted molar refractivity (Wildman–Crippen MR) is 49.5 cm³/mol. The number of hydrogen-bond donors (Lipinski definition) is 2. The summed E-state index contributed by atoms with van der Waals surface area (Å²) in [5.74, 6) is 0.363. The van der Waals surface area contributed by atoms with E-state index >= 15 is 0 Å². The first kappa shape index (κ1) is 9.21. The Morgan fingerprint density at radius 3 is 3.14 bits per heavy atom. The van der Waals surface area contributed by atoms with E-state index < -0.39 is 0 Å². The van der Waals surface area contributed by atoms with Crippen LogP contribution in [0.5, 0.6) is 0 Å². The molecule has 1 atom stereocenters. The number of amides is 1. The molecule has 5 heteroatoms. The van der Waals surface area contributed by atoms with E-state index in [1.807, 2.05) is 0 Å². The molecule has 0 bridgehead atoms. The van der Waals surface area contributed by atoms with Gasteiger partial charge in [-0.05, 0) is 18.8 Å². The van der Waals surface area contributed by atoms with Gasteiger partial charge in [0.05, 0.1) is 0 Å². The van der Waals surface area contributed by atoms with Crippen molar-refractivity contribution in [2.45, 2.75) is 18.9 Å². The first-order valence-corrected chi connectivity index (χ1v) is 4.71. The number of nitrogens with two attached hydrogens (primary N) is 1. The Morgan fingerprint density at radius 1 is 1.79 bits per heavy atom. The lowest BCUT2D eigenvalue weighted by Gasteiger charge is -2.09. The molecule has 1 heterocycles. The van der Waals surface area contributed by atoms with Gasteiger partial charge in [0.2, 0.25) is 0 Å². The first-order valence-electron chi connectivity index (χ1n) is 4.71. The monoisotopic (exact) mass is 195 g/mol. The van der Waals surface area contributed by atoms with E-state index in [-0.39, 0.29) is 11.9 Å². The van der Waals surface area contributed by atoms with Gasteiger partial charge in [0.15, 0.2) is 5.69 Å². The fraction of sp³-hybridized carbons (Fsp3) is 0.556. The molecule has 1 aliphatic carbocycles. The highest BCUT2D eigenvalue weighted by molar-refractivity contribution is 5.91. The van der Waals surface area contributed by atoms with Gasteiger partial charge in [-0.3, -0.25) is 4.79 Å². The molecule has 1 fully saturated rings. The van der Waals surface area contributed by atoms with E-state index in [1.165, 1.54) is 25.2 Å². The van der Waals surface area contributed by atoms with Crippen molar-refractivity contribution in [3.8, 4) is 0 Å². The average Bonchev–Trinajstić information content (AvgIpc) is 2.90. The molecule has 1 aromatic rings. The van der Waals surface area contributed by atoms with Crippen LogP contribution >= 0.6 is 0 Å². The van der Waals surface area contributed by atoms with E-state index in [4.69, 9.17) is 5.73 Å². The second-order valence-electron chi connectivity index (χ2n) is 3.60. The maximum absolute atomic E-state index is 11.4. The van der Waals surface area contributed by atoms with Crippen LogP contribution in [0.2, 0.25) is 0 Å². The van der Waals surface area contributed by atoms with E-state index in [2.05, 4.69) is 15.0 Å². The quantitative estimate of drug-likeness (QED) is 0.716. The predicted octanol–water partition coefficient (Wildman–Crippen LogP) is 0.142. The Kier molecular flexibility index (Phi) is 2.49. The van der Waals surface area contributed by atoms with Gasteiger partial charge in [0, 0.05) is 18.7 Å². The average molecular weight is 195 g/mol. The molecule has 1 amide bonds. The van der Waals surface area contributed by atoms with Crippen LogP contribution in [0, 0.1) is 5.92 Å². The fourth-order valence-corrected chi connectivity index (χ4v) is 1.32. The zero-order valence-electron chi connectivity index (χ0n) is 7.77. The second-order valence-corrected chi connectivity index (χ2v) is 3.60. The van der Waals surface area contributed by atoms with Gasteiger partial charge in [0.25, 0.3) is 5.91 Å². The molecule has 1 saturated carbocycles. The van der Waals surface area contributed by atoms with Crippen LogP contribution in [0.3, 0.4) is 0 Å². The third-order valence-corrected chi connectivity index (χ3v) is 2.40. The van der Waals surface area contributed by atoms with E-state index in [9.17, 15) is 4.79 Å². The summed E-state index contributed by atoms with van der Waals surface area (Å²) in [6.07, 6.45) is 3.73. The molecule has 0 spiro atoms. The van der Waals surface area contributed by atoms with Crippen LogP contribution in [-0.4, -0.2) is 23.7 Å². The highest BCUT2D eigenvalue weighted by Gasteiger charge is 2.28. The van der Waals surface area contributed by atoms with Gasteiger partial charge in [0.1, 0.15) is 6.26 Å². The molecular weight excluding hydrogens is 182 g/mol. The molecule has 0 aliphatic heterocycles. The summed E-state index contributed by atoms with van der Waals surface area (Å²) >= 11 is 0. The standard InChI is InChI=1S/C9H13N3O2/c10-7(6-1-2-6)5-11-9(13)8-3-4-14-12-8/h3-4,6-7H,1-2,5,10H2,(H,11,13). The Balaban J connectivity index is 1.77. The highest BCUT2D eigenvalue weighted by Crippen LogP contribution is 2.31. The van der Waals surface area contributed by atoms with Crippen LogP contribution in [0.1, 0.15) is 23.3 Å². The van der Waals surface area contributed by atoms with Gasteiger partial charge in [-0.2, -0.15) is 0 Å². The van der Waals surface area contributed by atoms with Crippen LogP contribution < -0.4 is 11.1 Å². The molecule has 0 radical (unpaired) electrons. The molecule has 76 valence electrons. The van der Waals surface area contributed by atoms with Crippen molar-refractivity contribution in [1.82, 2.24) is 10.5 Å². The normalized spacial score (nSPS) is 17.8. The van der Waals surface area contributed by atoms with Crippen LogP contribution in [0.25, 0.3) is 0 Å². The Morgan fingerprint density at radius 2 is 2.57 bits per heavy atom. The number of carbonyl (C=O) groups is 1. The van der Waals surface area contributed by atoms with Crippen molar-refractivity contribution < 1.29 is 9.32 Å². The highest BCUT2D eigenvalue weighted by atomic mass is 16.5. The zero-order chi connectivity index (χ0) is 9.97. The zero-order valence-corrected chi connectivity index (χ0v) is 7.77. The largest absolute Gasteiger partial charge is 0.364 e. The molecule has 14 heavy (non-hydrogen) atoms. The maximum Gasteiger partial charge on any atom is 0.273 e. The molecule has 1 unspecified atom stereocenters. The lowest BCUT2D eigenvalue weighted by atomic mass is 10.2. The topological polar surface area (TPSA) is 81.1 Å². The van der Waals surface area contributed by atoms with Crippen molar-refractivity contribution in [3.63, 3.8) is 0 Å². The molecule has 3 N–H and O–H groups in total. The molecular formula is C9H13N3O2. The Bertz CT molecular complexity index is 306. The van der Waals surface area contributed by atoms with Crippen molar-refractivity contribution in [2.24, 2.45) is 11.7 Å². The number of aromatic nitrogens is 1. The van der Waals surface area contributed by atoms with Crippen LogP contribution in [0.15, 0.2) is 16.9 Å².